The molecule has 1 saturated heterocycles. The van der Waals surface area contributed by atoms with Crippen LogP contribution in [0.1, 0.15) is 32.6 Å². The molecule has 4 heteroatoms. The van der Waals surface area contributed by atoms with Crippen LogP contribution in [0.2, 0.25) is 0 Å². The molecule has 1 aliphatic heterocycles. The SMILES string of the molecule is CC(C)(C)N1OOOC1c1ccccc1. The van der Waals surface area contributed by atoms with E-state index < -0.39 is 0 Å². The molecular formula is C11H15NO3. The van der Waals surface area contributed by atoms with E-state index in [-0.39, 0.29) is 11.8 Å². The Kier molecular flexibility index (Phi) is 2.75. The fourth-order valence-corrected chi connectivity index (χ4v) is 1.44. The van der Waals surface area contributed by atoms with Crippen molar-refractivity contribution in [2.45, 2.75) is 32.5 Å². The van der Waals surface area contributed by atoms with Crippen LogP contribution in [0.25, 0.3) is 0 Å². The van der Waals surface area contributed by atoms with Crippen molar-refractivity contribution in [3.05, 3.63) is 35.9 Å². The summed E-state index contributed by atoms with van der Waals surface area (Å²) in [5.41, 5.74) is 0.821. The van der Waals surface area contributed by atoms with E-state index in [1.54, 1.807) is 5.06 Å². The Bertz CT molecular complexity index is 320. The molecule has 15 heavy (non-hydrogen) atoms. The van der Waals surface area contributed by atoms with Gasteiger partial charge in [-0.15, -0.1) is 10.1 Å². The second kappa shape index (κ2) is 3.90. The van der Waals surface area contributed by atoms with Gasteiger partial charge in [0.1, 0.15) is 0 Å². The predicted molar refractivity (Wildman–Crippen MR) is 54.0 cm³/mol. The van der Waals surface area contributed by atoms with Gasteiger partial charge in [0, 0.05) is 11.1 Å². The Morgan fingerprint density at radius 3 is 2.40 bits per heavy atom. The van der Waals surface area contributed by atoms with Crippen LogP contribution in [0.3, 0.4) is 0 Å². The molecule has 0 saturated carbocycles. The number of benzene rings is 1. The first-order valence-corrected chi connectivity index (χ1v) is 4.93. The lowest BCUT2D eigenvalue weighted by molar-refractivity contribution is -0.501. The molecule has 1 aliphatic rings. The maximum Gasteiger partial charge on any atom is 0.200 e. The molecule has 0 aliphatic carbocycles. The van der Waals surface area contributed by atoms with Gasteiger partial charge in [0.25, 0.3) is 0 Å². The van der Waals surface area contributed by atoms with Crippen molar-refractivity contribution in [3.63, 3.8) is 0 Å². The summed E-state index contributed by atoms with van der Waals surface area (Å²) in [6, 6.07) is 9.82. The quantitative estimate of drug-likeness (QED) is 0.665. The van der Waals surface area contributed by atoms with Crippen molar-refractivity contribution in [1.82, 2.24) is 5.06 Å². The van der Waals surface area contributed by atoms with E-state index in [0.717, 1.165) is 5.56 Å². The second-order valence-electron chi connectivity index (χ2n) is 4.50. The van der Waals surface area contributed by atoms with Crippen molar-refractivity contribution in [2.75, 3.05) is 0 Å². The molecule has 0 bridgehead atoms. The third-order valence-corrected chi connectivity index (χ3v) is 2.20. The number of rotatable bonds is 1. The summed E-state index contributed by atoms with van der Waals surface area (Å²) in [5, 5.41) is 6.26. The third-order valence-electron chi connectivity index (χ3n) is 2.20. The van der Waals surface area contributed by atoms with E-state index >= 15 is 0 Å². The minimum absolute atomic E-state index is 0.184. The maximum absolute atomic E-state index is 5.08. The van der Waals surface area contributed by atoms with Crippen LogP contribution in [0.4, 0.5) is 0 Å². The van der Waals surface area contributed by atoms with Crippen LogP contribution in [-0.2, 0) is 14.9 Å². The van der Waals surface area contributed by atoms with Gasteiger partial charge in [-0.05, 0) is 25.8 Å². The summed E-state index contributed by atoms with van der Waals surface area (Å²) >= 11 is 0. The molecule has 1 aromatic rings. The molecule has 0 spiro atoms. The molecule has 1 atom stereocenters. The molecule has 82 valence electrons. The van der Waals surface area contributed by atoms with Crippen LogP contribution in [0.15, 0.2) is 30.3 Å². The molecule has 0 radical (unpaired) electrons. The van der Waals surface area contributed by atoms with Gasteiger partial charge < -0.3 is 0 Å². The Morgan fingerprint density at radius 2 is 1.80 bits per heavy atom. The highest BCUT2D eigenvalue weighted by atomic mass is 17.6. The third kappa shape index (κ3) is 2.18. The van der Waals surface area contributed by atoms with Gasteiger partial charge in [0.15, 0.2) is 6.23 Å². The van der Waals surface area contributed by atoms with E-state index in [9.17, 15) is 0 Å². The van der Waals surface area contributed by atoms with Crippen molar-refractivity contribution in [1.29, 1.82) is 0 Å². The summed E-state index contributed by atoms with van der Waals surface area (Å²) in [6.45, 7) is 6.09. The predicted octanol–water partition coefficient (Wildman–Crippen LogP) is 2.59. The minimum atomic E-state index is -0.314. The van der Waals surface area contributed by atoms with E-state index in [0.29, 0.717) is 0 Å². The number of hydrogen-bond donors (Lipinski definition) is 0. The lowest BCUT2D eigenvalue weighted by atomic mass is 10.1. The molecule has 0 amide bonds. The van der Waals surface area contributed by atoms with Gasteiger partial charge in [-0.1, -0.05) is 30.3 Å². The van der Waals surface area contributed by atoms with E-state index in [1.165, 1.54) is 0 Å². The average Bonchev–Trinajstić information content (AvgIpc) is 2.67. The zero-order valence-corrected chi connectivity index (χ0v) is 9.14. The van der Waals surface area contributed by atoms with Crippen LogP contribution < -0.4 is 0 Å². The molecule has 2 rings (SSSR count). The fraction of sp³-hybridized carbons (Fsp3) is 0.455. The largest absolute Gasteiger partial charge is 0.200 e. The fourth-order valence-electron chi connectivity index (χ4n) is 1.44. The lowest BCUT2D eigenvalue weighted by Crippen LogP contribution is -2.39. The van der Waals surface area contributed by atoms with Gasteiger partial charge in [-0.25, -0.2) is 0 Å². The van der Waals surface area contributed by atoms with Gasteiger partial charge in [0.05, 0.1) is 0 Å². The van der Waals surface area contributed by atoms with Crippen molar-refractivity contribution in [3.8, 4) is 0 Å². The topological polar surface area (TPSA) is 30.9 Å². The first kappa shape index (κ1) is 10.6. The van der Waals surface area contributed by atoms with E-state index in [1.807, 2.05) is 51.1 Å². The molecule has 0 N–H and O–H groups in total. The smallest absolute Gasteiger partial charge is 0.178 e. The molecule has 1 unspecified atom stereocenters. The van der Waals surface area contributed by atoms with Crippen LogP contribution in [-0.4, -0.2) is 10.6 Å². The van der Waals surface area contributed by atoms with Gasteiger partial charge in [0.2, 0.25) is 0 Å². The monoisotopic (exact) mass is 209 g/mol. The minimum Gasteiger partial charge on any atom is -0.178 e. The molecular weight excluding hydrogens is 194 g/mol. The summed E-state index contributed by atoms with van der Waals surface area (Å²) in [5.74, 6) is 0. The number of hydroxylamine groups is 2. The van der Waals surface area contributed by atoms with E-state index in [2.05, 4.69) is 5.04 Å². The van der Waals surface area contributed by atoms with Crippen LogP contribution in [0.5, 0.6) is 0 Å². The zero-order chi connectivity index (χ0) is 10.9. The highest BCUT2D eigenvalue weighted by molar-refractivity contribution is 5.17. The number of nitrogens with zero attached hydrogens (tertiary/aromatic N) is 1. The standard InChI is InChI=1S/C11H15NO3/c1-11(2,3)12-10(13-15-14-12)9-7-5-4-6-8-9/h4-8,10H,1-3H3. The second-order valence-corrected chi connectivity index (χ2v) is 4.50. The highest BCUT2D eigenvalue weighted by Gasteiger charge is 2.39. The van der Waals surface area contributed by atoms with Crippen molar-refractivity contribution >= 4 is 0 Å². The summed E-state index contributed by atoms with van der Waals surface area (Å²) < 4.78 is 0. The summed E-state index contributed by atoms with van der Waals surface area (Å²) in [7, 11) is 0. The molecule has 0 aromatic heterocycles. The average molecular weight is 209 g/mol. The molecule has 1 fully saturated rings. The number of hydrogen-bond acceptors (Lipinski definition) is 4. The molecule has 4 nitrogen and oxygen atoms in total. The lowest BCUT2D eigenvalue weighted by Gasteiger charge is -2.29. The van der Waals surface area contributed by atoms with Gasteiger partial charge in [-0.2, -0.15) is 4.89 Å². The Labute approximate surface area is 89.2 Å². The van der Waals surface area contributed by atoms with Gasteiger partial charge >= 0.3 is 0 Å². The Balaban J connectivity index is 2.23. The highest BCUT2D eigenvalue weighted by Crippen LogP contribution is 2.34. The van der Waals surface area contributed by atoms with Crippen LogP contribution in [0, 0.1) is 0 Å². The van der Waals surface area contributed by atoms with E-state index in [4.69, 9.17) is 9.88 Å². The molecule has 1 heterocycles. The maximum atomic E-state index is 5.08. The zero-order valence-electron chi connectivity index (χ0n) is 9.14. The van der Waals surface area contributed by atoms with Gasteiger partial charge in [-0.3, -0.25) is 0 Å². The first-order valence-electron chi connectivity index (χ1n) is 4.93. The Hall–Kier alpha value is -0.940. The van der Waals surface area contributed by atoms with Crippen LogP contribution >= 0.6 is 0 Å². The normalized spacial score (nSPS) is 23.3. The Morgan fingerprint density at radius 1 is 1.13 bits per heavy atom. The summed E-state index contributed by atoms with van der Waals surface area (Å²) in [6.07, 6.45) is -0.314. The van der Waals surface area contributed by atoms with Crippen molar-refractivity contribution < 1.29 is 14.9 Å². The molecule has 1 aromatic carbocycles. The van der Waals surface area contributed by atoms with Crippen molar-refractivity contribution in [2.24, 2.45) is 0 Å². The first-order chi connectivity index (χ1) is 7.09. The summed E-state index contributed by atoms with van der Waals surface area (Å²) in [4.78, 5) is 10.1.